The number of amides is 1. The van der Waals surface area contributed by atoms with Gasteiger partial charge in [0.2, 0.25) is 5.91 Å². The van der Waals surface area contributed by atoms with Gasteiger partial charge < -0.3 is 15.0 Å². The van der Waals surface area contributed by atoms with E-state index in [0.717, 1.165) is 0 Å². The number of carbonyl (C=O) groups is 2. The van der Waals surface area contributed by atoms with Crippen molar-refractivity contribution in [3.63, 3.8) is 0 Å². The first kappa shape index (κ1) is 13.3. The molecule has 0 spiro atoms. The summed E-state index contributed by atoms with van der Waals surface area (Å²) in [6, 6.07) is 4.15. The molecule has 1 aromatic carbocycles. The number of hydrogen-bond acceptors (Lipinski definition) is 4. The first-order chi connectivity index (χ1) is 9.06. The molecule has 1 N–H and O–H groups in total. The van der Waals surface area contributed by atoms with Gasteiger partial charge in [-0.15, -0.1) is 0 Å². The quantitative estimate of drug-likeness (QED) is 0.840. The summed E-state index contributed by atoms with van der Waals surface area (Å²) in [5.41, 5.74) is 1.08. The van der Waals surface area contributed by atoms with E-state index < -0.39 is 17.7 Å². The normalized spacial score (nSPS) is 18.6. The van der Waals surface area contributed by atoms with Crippen LogP contribution in [0.2, 0.25) is 0 Å². The number of nitrogens with zero attached hydrogens (tertiary/aromatic N) is 1. The highest BCUT2D eigenvalue weighted by Gasteiger charge is 2.36. The molecular weight excluding hydrogens is 251 g/mol. The van der Waals surface area contributed by atoms with Crippen LogP contribution in [0.15, 0.2) is 18.2 Å². The molecule has 2 rings (SSSR count). The zero-order valence-electron chi connectivity index (χ0n) is 10.8. The standard InChI is InChI=1S/C13H15FN2O3/c1-15-10-4-3-9(14)6-11(10)16-7-8(5-12(16)17)13(18)19-2/h3-4,6,8,15H,5,7H2,1-2H3. The molecule has 0 radical (unpaired) electrons. The van der Waals surface area contributed by atoms with Crippen molar-refractivity contribution in [3.8, 4) is 0 Å². The average Bonchev–Trinajstić information content (AvgIpc) is 2.79. The number of halogens is 1. The van der Waals surface area contributed by atoms with E-state index in [4.69, 9.17) is 0 Å². The lowest BCUT2D eigenvalue weighted by atomic mass is 10.1. The third-order valence-electron chi connectivity index (χ3n) is 3.18. The molecule has 1 aromatic rings. The van der Waals surface area contributed by atoms with E-state index in [0.29, 0.717) is 11.4 Å². The van der Waals surface area contributed by atoms with Gasteiger partial charge in [-0.1, -0.05) is 0 Å². The smallest absolute Gasteiger partial charge is 0.311 e. The van der Waals surface area contributed by atoms with Crippen LogP contribution >= 0.6 is 0 Å². The lowest BCUT2D eigenvalue weighted by Gasteiger charge is -2.20. The number of methoxy groups -OCH3 is 1. The van der Waals surface area contributed by atoms with Gasteiger partial charge in [0, 0.05) is 20.0 Å². The summed E-state index contributed by atoms with van der Waals surface area (Å²) in [5, 5.41) is 2.90. The number of ether oxygens (including phenoxy) is 1. The van der Waals surface area contributed by atoms with Gasteiger partial charge in [0.15, 0.2) is 0 Å². The number of nitrogens with one attached hydrogen (secondary N) is 1. The lowest BCUT2D eigenvalue weighted by Crippen LogP contribution is -2.27. The van der Waals surface area contributed by atoms with Gasteiger partial charge in [-0.2, -0.15) is 0 Å². The highest BCUT2D eigenvalue weighted by Crippen LogP contribution is 2.32. The molecule has 102 valence electrons. The van der Waals surface area contributed by atoms with E-state index in [-0.39, 0.29) is 18.9 Å². The molecule has 1 unspecified atom stereocenters. The molecule has 0 saturated carbocycles. The molecule has 1 heterocycles. The van der Waals surface area contributed by atoms with Crippen LogP contribution in [0, 0.1) is 11.7 Å². The molecule has 1 saturated heterocycles. The Labute approximate surface area is 110 Å². The molecule has 1 aliphatic rings. The minimum atomic E-state index is -0.495. The Kier molecular flexibility index (Phi) is 3.69. The van der Waals surface area contributed by atoms with Crippen LogP contribution in [0.5, 0.6) is 0 Å². The first-order valence-electron chi connectivity index (χ1n) is 5.92. The van der Waals surface area contributed by atoms with Crippen LogP contribution in [0.25, 0.3) is 0 Å². The molecule has 1 fully saturated rings. The van der Waals surface area contributed by atoms with E-state index in [1.54, 1.807) is 13.1 Å². The van der Waals surface area contributed by atoms with Crippen molar-refractivity contribution >= 4 is 23.3 Å². The second kappa shape index (κ2) is 5.26. The SMILES string of the molecule is CNc1ccc(F)cc1N1CC(C(=O)OC)CC1=O. The van der Waals surface area contributed by atoms with Gasteiger partial charge in [0.1, 0.15) is 5.82 Å². The third-order valence-corrected chi connectivity index (χ3v) is 3.18. The number of esters is 1. The Morgan fingerprint density at radius 3 is 2.89 bits per heavy atom. The number of carbonyl (C=O) groups excluding carboxylic acids is 2. The minimum Gasteiger partial charge on any atom is -0.469 e. The highest BCUT2D eigenvalue weighted by atomic mass is 19.1. The van der Waals surface area contributed by atoms with Gasteiger partial charge in [-0.3, -0.25) is 9.59 Å². The fourth-order valence-electron chi connectivity index (χ4n) is 2.20. The molecular formula is C13H15FN2O3. The van der Waals surface area contributed by atoms with Crippen molar-refractivity contribution in [1.29, 1.82) is 0 Å². The number of benzene rings is 1. The van der Waals surface area contributed by atoms with Gasteiger partial charge in [-0.25, -0.2) is 4.39 Å². The minimum absolute atomic E-state index is 0.0896. The van der Waals surface area contributed by atoms with Crippen LogP contribution in [-0.4, -0.2) is 32.6 Å². The van der Waals surface area contributed by atoms with Crippen molar-refractivity contribution in [2.24, 2.45) is 5.92 Å². The van der Waals surface area contributed by atoms with E-state index in [2.05, 4.69) is 10.1 Å². The largest absolute Gasteiger partial charge is 0.469 e. The monoisotopic (exact) mass is 266 g/mol. The molecule has 0 aliphatic carbocycles. The Morgan fingerprint density at radius 1 is 1.53 bits per heavy atom. The fraction of sp³-hybridized carbons (Fsp3) is 0.385. The first-order valence-corrected chi connectivity index (χ1v) is 5.92. The third kappa shape index (κ3) is 2.52. The van der Waals surface area contributed by atoms with Crippen LogP contribution in [-0.2, 0) is 14.3 Å². The van der Waals surface area contributed by atoms with E-state index in [1.165, 1.54) is 24.1 Å². The lowest BCUT2D eigenvalue weighted by molar-refractivity contribution is -0.145. The van der Waals surface area contributed by atoms with E-state index >= 15 is 0 Å². The molecule has 1 aliphatic heterocycles. The summed E-state index contributed by atoms with van der Waals surface area (Å²) >= 11 is 0. The maximum atomic E-state index is 13.3. The van der Waals surface area contributed by atoms with E-state index in [1.807, 2.05) is 0 Å². The predicted molar refractivity (Wildman–Crippen MR) is 68.4 cm³/mol. The zero-order chi connectivity index (χ0) is 14.0. The van der Waals surface area contributed by atoms with Crippen LogP contribution in [0.3, 0.4) is 0 Å². The zero-order valence-corrected chi connectivity index (χ0v) is 10.8. The molecule has 0 aromatic heterocycles. The van der Waals surface area contributed by atoms with E-state index in [9.17, 15) is 14.0 Å². The molecule has 19 heavy (non-hydrogen) atoms. The number of hydrogen-bond donors (Lipinski definition) is 1. The molecule has 5 nitrogen and oxygen atoms in total. The number of rotatable bonds is 3. The topological polar surface area (TPSA) is 58.6 Å². The van der Waals surface area contributed by atoms with Gasteiger partial charge >= 0.3 is 5.97 Å². The molecule has 0 bridgehead atoms. The molecule has 1 amide bonds. The van der Waals surface area contributed by atoms with Gasteiger partial charge in [0.05, 0.1) is 24.4 Å². The Morgan fingerprint density at radius 2 is 2.26 bits per heavy atom. The second-order valence-electron chi connectivity index (χ2n) is 4.34. The highest BCUT2D eigenvalue weighted by molar-refractivity contribution is 6.01. The van der Waals surface area contributed by atoms with Crippen LogP contribution < -0.4 is 10.2 Å². The Balaban J connectivity index is 2.30. The average molecular weight is 266 g/mol. The van der Waals surface area contributed by atoms with Crippen LogP contribution in [0.1, 0.15) is 6.42 Å². The summed E-state index contributed by atoms with van der Waals surface area (Å²) in [6.45, 7) is 0.212. The fourth-order valence-corrected chi connectivity index (χ4v) is 2.20. The van der Waals surface area contributed by atoms with Crippen molar-refractivity contribution < 1.29 is 18.7 Å². The molecule has 6 heteroatoms. The second-order valence-corrected chi connectivity index (χ2v) is 4.34. The van der Waals surface area contributed by atoms with Crippen molar-refractivity contribution in [2.75, 3.05) is 30.9 Å². The Bertz CT molecular complexity index is 519. The van der Waals surface area contributed by atoms with Crippen molar-refractivity contribution in [3.05, 3.63) is 24.0 Å². The maximum Gasteiger partial charge on any atom is 0.311 e. The van der Waals surface area contributed by atoms with Crippen LogP contribution in [0.4, 0.5) is 15.8 Å². The van der Waals surface area contributed by atoms with Gasteiger partial charge in [-0.05, 0) is 18.2 Å². The van der Waals surface area contributed by atoms with Gasteiger partial charge in [0.25, 0.3) is 0 Å². The van der Waals surface area contributed by atoms with Crippen molar-refractivity contribution in [1.82, 2.24) is 0 Å². The summed E-state index contributed by atoms with van der Waals surface area (Å²) in [4.78, 5) is 24.8. The van der Waals surface area contributed by atoms with Crippen molar-refractivity contribution in [2.45, 2.75) is 6.42 Å². The summed E-state index contributed by atoms with van der Waals surface area (Å²) < 4.78 is 18.0. The molecule has 1 atom stereocenters. The maximum absolute atomic E-state index is 13.3. The summed E-state index contributed by atoms with van der Waals surface area (Å²) in [7, 11) is 2.98. The summed E-state index contributed by atoms with van der Waals surface area (Å²) in [5.74, 6) is -1.55. The predicted octanol–water partition coefficient (Wildman–Crippen LogP) is 1.39. The Hall–Kier alpha value is -2.11. The number of anilines is 2. The summed E-state index contributed by atoms with van der Waals surface area (Å²) in [6.07, 6.45) is 0.0896.